The van der Waals surface area contributed by atoms with Crippen LogP contribution in [-0.2, 0) is 0 Å². The summed E-state index contributed by atoms with van der Waals surface area (Å²) in [5, 5.41) is 12.7. The summed E-state index contributed by atoms with van der Waals surface area (Å²) in [5.74, 6) is 1.00. The molecule has 2 saturated heterocycles. The van der Waals surface area contributed by atoms with Gasteiger partial charge in [0.2, 0.25) is 0 Å². The van der Waals surface area contributed by atoms with Crippen molar-refractivity contribution in [3.8, 4) is 11.3 Å². The largest absolute Gasteiger partial charge is 0.349 e. The van der Waals surface area contributed by atoms with Crippen molar-refractivity contribution in [2.75, 3.05) is 18.0 Å². The van der Waals surface area contributed by atoms with Crippen molar-refractivity contribution in [3.05, 3.63) is 42.5 Å². The zero-order chi connectivity index (χ0) is 16.1. The molecule has 1 aromatic heterocycles. The van der Waals surface area contributed by atoms with Crippen molar-refractivity contribution >= 4 is 5.82 Å². The third-order valence-electron chi connectivity index (χ3n) is 5.59. The summed E-state index contributed by atoms with van der Waals surface area (Å²) in [6, 6.07) is 15.0. The molecule has 0 aliphatic carbocycles. The smallest absolute Gasteiger partial charge is 0.151 e. The van der Waals surface area contributed by atoms with Crippen molar-refractivity contribution < 1.29 is 0 Å². The molecular formula is C19H24N4. The van der Waals surface area contributed by atoms with Gasteiger partial charge in [-0.2, -0.15) is 0 Å². The Labute approximate surface area is 137 Å². The van der Waals surface area contributed by atoms with E-state index in [-0.39, 0.29) is 11.0 Å². The molecule has 120 valence electrons. The first-order valence-electron chi connectivity index (χ1n) is 8.39. The van der Waals surface area contributed by atoms with Gasteiger partial charge in [0.05, 0.1) is 5.69 Å². The maximum Gasteiger partial charge on any atom is 0.151 e. The number of nitrogens with zero attached hydrogens (tertiary/aromatic N) is 3. The molecule has 1 aromatic carbocycles. The van der Waals surface area contributed by atoms with Gasteiger partial charge < -0.3 is 10.2 Å². The van der Waals surface area contributed by atoms with Gasteiger partial charge in [0.15, 0.2) is 5.82 Å². The Morgan fingerprint density at radius 3 is 2.48 bits per heavy atom. The molecule has 23 heavy (non-hydrogen) atoms. The molecule has 2 fully saturated rings. The normalized spacial score (nSPS) is 26.7. The minimum atomic E-state index is 0.192. The first kappa shape index (κ1) is 14.6. The van der Waals surface area contributed by atoms with Gasteiger partial charge in [0.1, 0.15) is 0 Å². The maximum absolute atomic E-state index is 4.52. The van der Waals surface area contributed by atoms with Crippen LogP contribution in [0.4, 0.5) is 5.82 Å². The lowest BCUT2D eigenvalue weighted by atomic mass is 9.74. The highest BCUT2D eigenvalue weighted by Gasteiger charge is 2.55. The van der Waals surface area contributed by atoms with Crippen LogP contribution in [0.5, 0.6) is 0 Å². The summed E-state index contributed by atoms with van der Waals surface area (Å²) in [7, 11) is 0. The number of nitrogens with one attached hydrogen (secondary N) is 1. The standard InChI is InChI=1S/C19H24N4/c1-18(2,3)19-11-15(12-20-19)23(13-19)17-10-9-16(21-22-17)14-7-5-4-6-8-14/h4-10,15,20H,11-13H2,1-3H3/t15-,19+/m0/s1. The lowest BCUT2D eigenvalue weighted by Crippen LogP contribution is -2.58. The summed E-state index contributed by atoms with van der Waals surface area (Å²) in [4.78, 5) is 2.43. The average molecular weight is 308 g/mol. The van der Waals surface area contributed by atoms with Crippen molar-refractivity contribution in [1.82, 2.24) is 15.5 Å². The van der Waals surface area contributed by atoms with Crippen LogP contribution in [0.1, 0.15) is 27.2 Å². The highest BCUT2D eigenvalue weighted by molar-refractivity contribution is 5.60. The highest BCUT2D eigenvalue weighted by atomic mass is 15.4. The van der Waals surface area contributed by atoms with Gasteiger partial charge in [-0.05, 0) is 24.0 Å². The van der Waals surface area contributed by atoms with Crippen LogP contribution in [0, 0.1) is 5.41 Å². The third-order valence-corrected chi connectivity index (χ3v) is 5.59. The van der Waals surface area contributed by atoms with Crippen LogP contribution >= 0.6 is 0 Å². The molecule has 4 rings (SSSR count). The van der Waals surface area contributed by atoms with E-state index < -0.39 is 0 Å². The van der Waals surface area contributed by atoms with Crippen LogP contribution < -0.4 is 10.2 Å². The van der Waals surface area contributed by atoms with Crippen molar-refractivity contribution in [2.45, 2.75) is 38.8 Å². The van der Waals surface area contributed by atoms with E-state index in [1.165, 1.54) is 6.42 Å². The predicted molar refractivity (Wildman–Crippen MR) is 93.4 cm³/mol. The Kier molecular flexibility index (Phi) is 3.20. The Hall–Kier alpha value is -1.94. The van der Waals surface area contributed by atoms with Crippen LogP contribution in [0.3, 0.4) is 0 Å². The number of anilines is 1. The minimum absolute atomic E-state index is 0.192. The first-order chi connectivity index (χ1) is 11.0. The van der Waals surface area contributed by atoms with E-state index in [1.54, 1.807) is 0 Å². The molecule has 1 N–H and O–H groups in total. The number of hydrogen-bond acceptors (Lipinski definition) is 4. The topological polar surface area (TPSA) is 41.0 Å². The lowest BCUT2D eigenvalue weighted by molar-refractivity contribution is 0.179. The van der Waals surface area contributed by atoms with E-state index in [4.69, 9.17) is 0 Å². The average Bonchev–Trinajstić information content (AvgIpc) is 3.16. The number of hydrogen-bond donors (Lipinski definition) is 1. The van der Waals surface area contributed by atoms with Gasteiger partial charge in [-0.1, -0.05) is 51.1 Å². The fourth-order valence-corrected chi connectivity index (χ4v) is 3.94. The van der Waals surface area contributed by atoms with Gasteiger partial charge in [-0.25, -0.2) is 0 Å². The lowest BCUT2D eigenvalue weighted by Gasteiger charge is -2.43. The Bertz CT molecular complexity index is 690. The molecule has 0 spiro atoms. The van der Waals surface area contributed by atoms with Crippen molar-refractivity contribution in [1.29, 1.82) is 0 Å². The number of fused-ring (bicyclic) bond motifs is 2. The summed E-state index contributed by atoms with van der Waals surface area (Å²) < 4.78 is 0. The van der Waals surface area contributed by atoms with Crippen LogP contribution in [0.2, 0.25) is 0 Å². The van der Waals surface area contributed by atoms with Crippen LogP contribution in [-0.4, -0.2) is 34.9 Å². The highest BCUT2D eigenvalue weighted by Crippen LogP contribution is 2.45. The van der Waals surface area contributed by atoms with Gasteiger partial charge in [0.25, 0.3) is 0 Å². The summed E-state index contributed by atoms with van der Waals surface area (Å²) in [6.45, 7) is 9.04. The van der Waals surface area contributed by atoms with Crippen molar-refractivity contribution in [3.63, 3.8) is 0 Å². The third kappa shape index (κ3) is 2.32. The van der Waals surface area contributed by atoms with Gasteiger partial charge in [-0.15, -0.1) is 10.2 Å². The number of aromatic nitrogens is 2. The SMILES string of the molecule is CC(C)(C)[C@]12C[C@@H](CN1)N(c1ccc(-c3ccccc3)nn1)C2. The molecule has 2 aliphatic heterocycles. The van der Waals surface area contributed by atoms with Gasteiger partial charge in [-0.3, -0.25) is 0 Å². The molecule has 0 radical (unpaired) electrons. The zero-order valence-corrected chi connectivity index (χ0v) is 14.1. The number of rotatable bonds is 2. The summed E-state index contributed by atoms with van der Waals surface area (Å²) in [5.41, 5.74) is 2.48. The van der Waals surface area contributed by atoms with Crippen LogP contribution in [0.15, 0.2) is 42.5 Å². The number of piperazine rings is 1. The molecule has 2 atom stereocenters. The summed E-state index contributed by atoms with van der Waals surface area (Å²) >= 11 is 0. The van der Waals surface area contributed by atoms with E-state index in [2.05, 4.69) is 65.5 Å². The molecule has 3 heterocycles. The quantitative estimate of drug-likeness (QED) is 0.925. The fourth-order valence-electron chi connectivity index (χ4n) is 3.94. The van der Waals surface area contributed by atoms with Crippen LogP contribution in [0.25, 0.3) is 11.3 Å². The molecule has 0 amide bonds. The second-order valence-corrected chi connectivity index (χ2v) is 7.84. The van der Waals surface area contributed by atoms with Crippen molar-refractivity contribution in [2.24, 2.45) is 5.41 Å². The molecule has 2 aliphatic rings. The molecule has 2 aromatic rings. The minimum Gasteiger partial charge on any atom is -0.349 e. The first-order valence-corrected chi connectivity index (χ1v) is 8.39. The number of benzene rings is 1. The van der Waals surface area contributed by atoms with E-state index in [0.717, 1.165) is 30.2 Å². The molecule has 0 unspecified atom stereocenters. The van der Waals surface area contributed by atoms with E-state index in [9.17, 15) is 0 Å². The maximum atomic E-state index is 4.52. The molecule has 4 heteroatoms. The molecular weight excluding hydrogens is 284 g/mol. The summed E-state index contributed by atoms with van der Waals surface area (Å²) in [6.07, 6.45) is 1.19. The Morgan fingerprint density at radius 2 is 1.87 bits per heavy atom. The van der Waals surface area contributed by atoms with Gasteiger partial charge >= 0.3 is 0 Å². The van der Waals surface area contributed by atoms with E-state index in [0.29, 0.717) is 6.04 Å². The Balaban J connectivity index is 1.59. The monoisotopic (exact) mass is 308 g/mol. The second-order valence-electron chi connectivity index (χ2n) is 7.84. The Morgan fingerprint density at radius 1 is 1.09 bits per heavy atom. The zero-order valence-electron chi connectivity index (χ0n) is 14.1. The second kappa shape index (κ2) is 5.03. The van der Waals surface area contributed by atoms with Gasteiger partial charge in [0, 0.05) is 30.2 Å². The molecule has 0 saturated carbocycles. The predicted octanol–water partition coefficient (Wildman–Crippen LogP) is 3.11. The fraction of sp³-hybridized carbons (Fsp3) is 0.474. The van der Waals surface area contributed by atoms with E-state index >= 15 is 0 Å². The molecule has 4 nitrogen and oxygen atoms in total. The van der Waals surface area contributed by atoms with E-state index in [1.807, 2.05) is 18.2 Å². The molecule has 2 bridgehead atoms.